The zero-order chi connectivity index (χ0) is 14.5. The molecule has 122 valence electrons. The Kier molecular flexibility index (Phi) is 5.96. The second kappa shape index (κ2) is 7.94. The molecule has 1 aliphatic carbocycles. The molecule has 0 aromatic heterocycles. The van der Waals surface area contributed by atoms with E-state index in [1.165, 1.54) is 90.6 Å². The van der Waals surface area contributed by atoms with Gasteiger partial charge in [0.05, 0.1) is 0 Å². The highest BCUT2D eigenvalue weighted by Crippen LogP contribution is 2.28. The van der Waals surface area contributed by atoms with Crippen molar-refractivity contribution in [1.82, 2.24) is 15.1 Å². The van der Waals surface area contributed by atoms with E-state index in [0.717, 1.165) is 17.9 Å². The first-order valence-corrected chi connectivity index (χ1v) is 9.45. The Hall–Kier alpha value is -0.120. The van der Waals surface area contributed by atoms with Gasteiger partial charge in [-0.15, -0.1) is 0 Å². The van der Waals surface area contributed by atoms with Gasteiger partial charge in [0.1, 0.15) is 0 Å². The molecule has 3 aliphatic rings. The Balaban J connectivity index is 1.39. The van der Waals surface area contributed by atoms with Gasteiger partial charge in [0.15, 0.2) is 0 Å². The molecule has 1 saturated carbocycles. The quantitative estimate of drug-likeness (QED) is 0.859. The molecule has 1 unspecified atom stereocenters. The number of nitrogens with zero attached hydrogens (tertiary/aromatic N) is 2. The van der Waals surface area contributed by atoms with Crippen molar-refractivity contribution in [3.8, 4) is 0 Å². The third kappa shape index (κ3) is 4.67. The lowest BCUT2D eigenvalue weighted by molar-refractivity contribution is 0.130. The number of nitrogens with one attached hydrogen (secondary N) is 1. The minimum Gasteiger partial charge on any atom is -0.311 e. The van der Waals surface area contributed by atoms with E-state index in [-0.39, 0.29) is 0 Å². The number of likely N-dealkylation sites (tertiary alicyclic amines) is 1. The van der Waals surface area contributed by atoms with Crippen LogP contribution in [-0.2, 0) is 0 Å². The molecule has 0 bridgehead atoms. The molecule has 0 aromatic carbocycles. The minimum absolute atomic E-state index is 0.788. The van der Waals surface area contributed by atoms with Crippen molar-refractivity contribution >= 4 is 0 Å². The average molecular weight is 293 g/mol. The van der Waals surface area contributed by atoms with Crippen LogP contribution in [0.3, 0.4) is 0 Å². The van der Waals surface area contributed by atoms with Crippen LogP contribution in [0.5, 0.6) is 0 Å². The third-order valence-electron chi connectivity index (χ3n) is 6.20. The van der Waals surface area contributed by atoms with E-state index in [1.54, 1.807) is 0 Å². The summed E-state index contributed by atoms with van der Waals surface area (Å²) in [4.78, 5) is 5.24. The zero-order valence-electron chi connectivity index (χ0n) is 14.0. The van der Waals surface area contributed by atoms with Gasteiger partial charge >= 0.3 is 0 Å². The summed E-state index contributed by atoms with van der Waals surface area (Å²) in [6, 6.07) is 0.788. The fraction of sp³-hybridized carbons (Fsp3) is 1.00. The molecule has 3 nitrogen and oxygen atoms in total. The Morgan fingerprint density at radius 3 is 2.48 bits per heavy atom. The largest absolute Gasteiger partial charge is 0.311 e. The summed E-state index contributed by atoms with van der Waals surface area (Å²) in [6.07, 6.45) is 11.6. The van der Waals surface area contributed by atoms with Crippen LogP contribution in [0, 0.1) is 11.8 Å². The molecular formula is C18H35N3. The second-order valence-corrected chi connectivity index (χ2v) is 7.79. The van der Waals surface area contributed by atoms with E-state index >= 15 is 0 Å². The van der Waals surface area contributed by atoms with Crippen molar-refractivity contribution in [3.05, 3.63) is 0 Å². The SMILES string of the molecule is CN1CCC(CCN2CCNC(C3CCCCC3)C2)CC1. The fourth-order valence-electron chi connectivity index (χ4n) is 4.61. The predicted molar refractivity (Wildman–Crippen MR) is 89.6 cm³/mol. The number of hydrogen-bond acceptors (Lipinski definition) is 3. The fourth-order valence-corrected chi connectivity index (χ4v) is 4.61. The van der Waals surface area contributed by atoms with Crippen molar-refractivity contribution in [2.75, 3.05) is 46.3 Å². The van der Waals surface area contributed by atoms with Crippen molar-refractivity contribution < 1.29 is 0 Å². The third-order valence-corrected chi connectivity index (χ3v) is 6.20. The molecule has 3 fully saturated rings. The standard InChI is InChI=1S/C18H35N3/c1-20-11-7-16(8-12-20)9-13-21-14-10-19-18(15-21)17-5-3-2-4-6-17/h16-19H,2-15H2,1H3. The first kappa shape index (κ1) is 15.8. The van der Waals surface area contributed by atoms with Gasteiger partial charge in [0.2, 0.25) is 0 Å². The summed E-state index contributed by atoms with van der Waals surface area (Å²) in [6.45, 7) is 7.79. The van der Waals surface area contributed by atoms with Gasteiger partial charge in [0, 0.05) is 25.7 Å². The van der Waals surface area contributed by atoms with E-state index in [1.807, 2.05) is 0 Å². The molecule has 1 N–H and O–H groups in total. The van der Waals surface area contributed by atoms with E-state index in [4.69, 9.17) is 0 Å². The van der Waals surface area contributed by atoms with Crippen LogP contribution in [0.2, 0.25) is 0 Å². The lowest BCUT2D eigenvalue weighted by Crippen LogP contribution is -2.54. The number of hydrogen-bond donors (Lipinski definition) is 1. The van der Waals surface area contributed by atoms with Crippen molar-refractivity contribution in [1.29, 1.82) is 0 Å². The van der Waals surface area contributed by atoms with Crippen LogP contribution in [0.25, 0.3) is 0 Å². The molecule has 0 radical (unpaired) electrons. The van der Waals surface area contributed by atoms with E-state index in [9.17, 15) is 0 Å². The Labute approximate surface area is 131 Å². The number of piperidine rings is 1. The molecule has 2 aliphatic heterocycles. The molecular weight excluding hydrogens is 258 g/mol. The Bertz CT molecular complexity index is 293. The first-order chi connectivity index (χ1) is 10.3. The van der Waals surface area contributed by atoms with E-state index < -0.39 is 0 Å². The smallest absolute Gasteiger partial charge is 0.0223 e. The maximum atomic E-state index is 3.81. The molecule has 0 amide bonds. The molecule has 0 aromatic rings. The number of piperazine rings is 1. The van der Waals surface area contributed by atoms with Crippen LogP contribution in [0.15, 0.2) is 0 Å². The summed E-state index contributed by atoms with van der Waals surface area (Å²) in [5.74, 6) is 1.95. The highest BCUT2D eigenvalue weighted by molar-refractivity contribution is 4.86. The molecule has 21 heavy (non-hydrogen) atoms. The van der Waals surface area contributed by atoms with Gasteiger partial charge < -0.3 is 15.1 Å². The predicted octanol–water partition coefficient (Wildman–Crippen LogP) is 2.57. The van der Waals surface area contributed by atoms with Gasteiger partial charge in [-0.25, -0.2) is 0 Å². The topological polar surface area (TPSA) is 18.5 Å². The van der Waals surface area contributed by atoms with E-state index in [2.05, 4.69) is 22.2 Å². The summed E-state index contributed by atoms with van der Waals surface area (Å²) in [5.41, 5.74) is 0. The van der Waals surface area contributed by atoms with Gasteiger partial charge in [-0.3, -0.25) is 0 Å². The maximum absolute atomic E-state index is 3.81. The molecule has 1 atom stereocenters. The second-order valence-electron chi connectivity index (χ2n) is 7.79. The normalized spacial score (nSPS) is 31.6. The lowest BCUT2D eigenvalue weighted by Gasteiger charge is -2.40. The summed E-state index contributed by atoms with van der Waals surface area (Å²) in [7, 11) is 2.27. The summed E-state index contributed by atoms with van der Waals surface area (Å²) in [5, 5.41) is 3.81. The first-order valence-electron chi connectivity index (χ1n) is 9.45. The van der Waals surface area contributed by atoms with Crippen LogP contribution in [-0.4, -0.2) is 62.2 Å². The zero-order valence-corrected chi connectivity index (χ0v) is 14.0. The van der Waals surface area contributed by atoms with Crippen LogP contribution < -0.4 is 5.32 Å². The van der Waals surface area contributed by atoms with Crippen LogP contribution >= 0.6 is 0 Å². The van der Waals surface area contributed by atoms with Gasteiger partial charge in [-0.1, -0.05) is 19.3 Å². The Morgan fingerprint density at radius 2 is 1.71 bits per heavy atom. The average Bonchev–Trinajstić information content (AvgIpc) is 2.55. The molecule has 0 spiro atoms. The Morgan fingerprint density at radius 1 is 0.952 bits per heavy atom. The minimum atomic E-state index is 0.788. The van der Waals surface area contributed by atoms with E-state index in [0.29, 0.717) is 0 Å². The molecule has 3 rings (SSSR count). The summed E-state index contributed by atoms with van der Waals surface area (Å²) >= 11 is 0. The summed E-state index contributed by atoms with van der Waals surface area (Å²) < 4.78 is 0. The van der Waals surface area contributed by atoms with Crippen LogP contribution in [0.1, 0.15) is 51.4 Å². The van der Waals surface area contributed by atoms with Gasteiger partial charge in [-0.05, 0) is 70.6 Å². The van der Waals surface area contributed by atoms with Crippen LogP contribution in [0.4, 0.5) is 0 Å². The number of rotatable bonds is 4. The van der Waals surface area contributed by atoms with Gasteiger partial charge in [0.25, 0.3) is 0 Å². The monoisotopic (exact) mass is 293 g/mol. The molecule has 3 heteroatoms. The van der Waals surface area contributed by atoms with Crippen molar-refractivity contribution in [2.45, 2.75) is 57.4 Å². The highest BCUT2D eigenvalue weighted by atomic mass is 15.2. The van der Waals surface area contributed by atoms with Crippen molar-refractivity contribution in [2.24, 2.45) is 11.8 Å². The maximum Gasteiger partial charge on any atom is 0.0223 e. The molecule has 2 saturated heterocycles. The lowest BCUT2D eigenvalue weighted by atomic mass is 9.83. The van der Waals surface area contributed by atoms with Gasteiger partial charge in [-0.2, -0.15) is 0 Å². The molecule has 2 heterocycles. The highest BCUT2D eigenvalue weighted by Gasteiger charge is 2.28. The van der Waals surface area contributed by atoms with Crippen molar-refractivity contribution in [3.63, 3.8) is 0 Å².